The van der Waals surface area contributed by atoms with E-state index >= 15 is 0 Å². The van der Waals surface area contributed by atoms with Crippen LogP contribution < -0.4 is 5.32 Å². The standard InChI is InChI=1S/C26H28N4O/c1-16-21-9-8-20-22(17-6-4-3-5-7-17)29-25(18-10-12-28-13-11-18)30-24(20)26(21,2)14-19(15-27)23(16)31/h3-7,14,16,18,21,28H,8-13H2,1-2H3/t16-,21-,26-/m1/s1. The molecule has 0 bridgehead atoms. The maximum Gasteiger partial charge on any atom is 0.176 e. The van der Waals surface area contributed by atoms with Crippen LogP contribution in [0.15, 0.2) is 42.0 Å². The van der Waals surface area contributed by atoms with E-state index in [0.29, 0.717) is 5.92 Å². The summed E-state index contributed by atoms with van der Waals surface area (Å²) in [6, 6.07) is 12.5. The van der Waals surface area contributed by atoms with Crippen LogP contribution >= 0.6 is 0 Å². The van der Waals surface area contributed by atoms with Gasteiger partial charge in [0.1, 0.15) is 11.9 Å². The number of hydrogen-bond acceptors (Lipinski definition) is 5. The third-order valence-corrected chi connectivity index (χ3v) is 7.61. The van der Waals surface area contributed by atoms with Crippen LogP contribution in [0.5, 0.6) is 0 Å². The number of benzene rings is 1. The average molecular weight is 413 g/mol. The summed E-state index contributed by atoms with van der Waals surface area (Å²) in [6.45, 7) is 6.11. The molecule has 1 aromatic carbocycles. The van der Waals surface area contributed by atoms with E-state index in [2.05, 4.69) is 42.6 Å². The zero-order valence-electron chi connectivity index (χ0n) is 18.2. The zero-order valence-corrected chi connectivity index (χ0v) is 18.2. The second-order valence-electron chi connectivity index (χ2n) is 9.40. The molecule has 1 saturated heterocycles. The molecule has 1 aromatic heterocycles. The van der Waals surface area contributed by atoms with E-state index in [1.54, 1.807) is 0 Å². The van der Waals surface area contributed by atoms with Crippen LogP contribution in [0.25, 0.3) is 11.3 Å². The second kappa shape index (κ2) is 7.69. The Morgan fingerprint density at radius 1 is 1.13 bits per heavy atom. The summed E-state index contributed by atoms with van der Waals surface area (Å²) in [5, 5.41) is 13.1. The van der Waals surface area contributed by atoms with Gasteiger partial charge in [0.15, 0.2) is 5.78 Å². The molecule has 0 amide bonds. The third kappa shape index (κ3) is 3.21. The highest BCUT2D eigenvalue weighted by Crippen LogP contribution is 2.50. The molecule has 1 fully saturated rings. The van der Waals surface area contributed by atoms with Crippen LogP contribution in [-0.2, 0) is 16.6 Å². The lowest BCUT2D eigenvalue weighted by molar-refractivity contribution is -0.121. The van der Waals surface area contributed by atoms with Crippen LogP contribution in [0.4, 0.5) is 0 Å². The molecular weight excluding hydrogens is 384 g/mol. The molecule has 5 rings (SSSR count). The van der Waals surface area contributed by atoms with Crippen molar-refractivity contribution in [2.45, 2.75) is 50.9 Å². The van der Waals surface area contributed by atoms with Crippen molar-refractivity contribution in [3.63, 3.8) is 0 Å². The maximum absolute atomic E-state index is 12.7. The van der Waals surface area contributed by atoms with Gasteiger partial charge in [-0.05, 0) is 44.7 Å². The molecule has 1 aliphatic heterocycles. The summed E-state index contributed by atoms with van der Waals surface area (Å²) in [5.41, 5.74) is 4.19. The summed E-state index contributed by atoms with van der Waals surface area (Å²) in [6.07, 6.45) is 5.73. The predicted octanol–water partition coefficient (Wildman–Crippen LogP) is 4.10. The number of nitriles is 1. The van der Waals surface area contributed by atoms with E-state index < -0.39 is 5.41 Å². The lowest BCUT2D eigenvalue weighted by Crippen LogP contribution is -2.46. The van der Waals surface area contributed by atoms with Gasteiger partial charge in [-0.2, -0.15) is 5.26 Å². The lowest BCUT2D eigenvalue weighted by Gasteiger charge is -2.46. The summed E-state index contributed by atoms with van der Waals surface area (Å²) in [4.78, 5) is 23.1. The number of fused-ring (bicyclic) bond motifs is 3. The van der Waals surface area contributed by atoms with Crippen LogP contribution in [0.1, 0.15) is 56.1 Å². The number of nitrogens with zero attached hydrogens (tertiary/aromatic N) is 3. The highest BCUT2D eigenvalue weighted by Gasteiger charge is 2.49. The number of allylic oxidation sites excluding steroid dienone is 2. The Hall–Kier alpha value is -2.84. The van der Waals surface area contributed by atoms with Crippen LogP contribution in [-0.4, -0.2) is 28.8 Å². The van der Waals surface area contributed by atoms with E-state index in [9.17, 15) is 10.1 Å². The summed E-state index contributed by atoms with van der Waals surface area (Å²) in [7, 11) is 0. The van der Waals surface area contributed by atoms with Crippen LogP contribution in [0.2, 0.25) is 0 Å². The highest BCUT2D eigenvalue weighted by atomic mass is 16.1. The molecule has 5 nitrogen and oxygen atoms in total. The number of carbonyl (C=O) groups excluding carboxylic acids is 1. The normalized spacial score (nSPS) is 28.3. The molecule has 1 N–H and O–H groups in total. The van der Waals surface area contributed by atoms with Crippen molar-refractivity contribution >= 4 is 5.78 Å². The SMILES string of the molecule is C[C@H]1C(=O)C(C#N)=C[C@@]2(C)c3nc(C4CCNCC4)nc(-c4ccccc4)c3CC[C@H]12. The molecule has 2 aliphatic carbocycles. The van der Waals surface area contributed by atoms with Crippen LogP contribution in [0.3, 0.4) is 0 Å². The number of aromatic nitrogens is 2. The molecule has 2 aromatic rings. The molecule has 0 unspecified atom stereocenters. The van der Waals surface area contributed by atoms with Gasteiger partial charge in [-0.1, -0.05) is 50.3 Å². The topological polar surface area (TPSA) is 78.7 Å². The third-order valence-electron chi connectivity index (χ3n) is 7.61. The molecule has 5 heteroatoms. The molecule has 0 spiro atoms. The lowest BCUT2D eigenvalue weighted by atomic mass is 9.57. The summed E-state index contributed by atoms with van der Waals surface area (Å²) < 4.78 is 0. The molecular formula is C26H28N4O. The highest BCUT2D eigenvalue weighted by molar-refractivity contribution is 6.02. The van der Waals surface area contributed by atoms with E-state index in [-0.39, 0.29) is 23.2 Å². The summed E-state index contributed by atoms with van der Waals surface area (Å²) >= 11 is 0. The zero-order chi connectivity index (χ0) is 21.6. The van der Waals surface area contributed by atoms with Gasteiger partial charge >= 0.3 is 0 Å². The fraction of sp³-hybridized carbons (Fsp3) is 0.462. The largest absolute Gasteiger partial charge is 0.317 e. The molecule has 2 heterocycles. The molecule has 3 atom stereocenters. The summed E-state index contributed by atoms with van der Waals surface area (Å²) in [5.74, 6) is 1.21. The first kappa shape index (κ1) is 20.1. The van der Waals surface area contributed by atoms with Crippen molar-refractivity contribution in [2.24, 2.45) is 11.8 Å². The van der Waals surface area contributed by atoms with Crippen molar-refractivity contribution in [3.8, 4) is 17.3 Å². The van der Waals surface area contributed by atoms with E-state index in [0.717, 1.165) is 61.5 Å². The van der Waals surface area contributed by atoms with Gasteiger partial charge in [0.2, 0.25) is 0 Å². The van der Waals surface area contributed by atoms with Gasteiger partial charge in [0, 0.05) is 28.4 Å². The first-order valence-corrected chi connectivity index (χ1v) is 11.4. The molecule has 3 aliphatic rings. The van der Waals surface area contributed by atoms with Gasteiger partial charge in [-0.3, -0.25) is 4.79 Å². The number of hydrogen-bond donors (Lipinski definition) is 1. The number of rotatable bonds is 2. The number of carbonyl (C=O) groups is 1. The first-order valence-electron chi connectivity index (χ1n) is 11.4. The Labute approximate surface area is 183 Å². The predicted molar refractivity (Wildman–Crippen MR) is 119 cm³/mol. The minimum Gasteiger partial charge on any atom is -0.317 e. The minimum atomic E-state index is -0.430. The fourth-order valence-corrected chi connectivity index (χ4v) is 5.89. The van der Waals surface area contributed by atoms with Crippen molar-refractivity contribution in [3.05, 3.63) is 59.1 Å². The number of piperidine rings is 1. The Kier molecular flexibility index (Phi) is 4.98. The molecule has 31 heavy (non-hydrogen) atoms. The van der Waals surface area contributed by atoms with Gasteiger partial charge in [-0.25, -0.2) is 9.97 Å². The number of Topliss-reactive ketones (excluding diaryl/α,β-unsaturated/α-hetero) is 1. The Morgan fingerprint density at radius 3 is 2.58 bits per heavy atom. The molecule has 0 radical (unpaired) electrons. The minimum absolute atomic E-state index is 0.0238. The van der Waals surface area contributed by atoms with Crippen molar-refractivity contribution in [1.29, 1.82) is 5.26 Å². The second-order valence-corrected chi connectivity index (χ2v) is 9.40. The monoisotopic (exact) mass is 412 g/mol. The van der Waals surface area contributed by atoms with Crippen molar-refractivity contribution < 1.29 is 4.79 Å². The van der Waals surface area contributed by atoms with E-state index in [4.69, 9.17) is 9.97 Å². The Morgan fingerprint density at radius 2 is 1.87 bits per heavy atom. The van der Waals surface area contributed by atoms with Gasteiger partial charge in [0.25, 0.3) is 0 Å². The van der Waals surface area contributed by atoms with Crippen molar-refractivity contribution in [2.75, 3.05) is 13.1 Å². The number of ketones is 1. The van der Waals surface area contributed by atoms with Crippen molar-refractivity contribution in [1.82, 2.24) is 15.3 Å². The Balaban J connectivity index is 1.75. The quantitative estimate of drug-likeness (QED) is 0.803. The average Bonchev–Trinajstić information content (AvgIpc) is 2.82. The van der Waals surface area contributed by atoms with Gasteiger partial charge in [0.05, 0.1) is 17.0 Å². The van der Waals surface area contributed by atoms with E-state index in [1.807, 2.05) is 19.1 Å². The fourth-order valence-electron chi connectivity index (χ4n) is 5.89. The molecule has 158 valence electrons. The smallest absolute Gasteiger partial charge is 0.176 e. The molecule has 0 saturated carbocycles. The van der Waals surface area contributed by atoms with Crippen LogP contribution in [0, 0.1) is 23.2 Å². The maximum atomic E-state index is 12.7. The van der Waals surface area contributed by atoms with E-state index in [1.165, 1.54) is 5.56 Å². The van der Waals surface area contributed by atoms with Gasteiger partial charge in [-0.15, -0.1) is 0 Å². The number of nitrogens with one attached hydrogen (secondary N) is 1. The Bertz CT molecular complexity index is 1090. The van der Waals surface area contributed by atoms with Gasteiger partial charge < -0.3 is 5.32 Å². The first-order chi connectivity index (χ1) is 15.0.